The molecule has 5 heteroatoms. The Kier molecular flexibility index (Phi) is 2.79. The smallest absolute Gasteiger partial charge is 0.273 e. The minimum atomic E-state index is -0.504. The molecule has 0 heterocycles. The molecule has 0 aliphatic heterocycles. The zero-order valence-corrected chi connectivity index (χ0v) is 7.65. The van der Waals surface area contributed by atoms with E-state index in [4.69, 9.17) is 11.0 Å². The van der Waals surface area contributed by atoms with E-state index in [0.717, 1.165) is 0 Å². The van der Waals surface area contributed by atoms with Crippen LogP contribution in [0.5, 0.6) is 0 Å². The van der Waals surface area contributed by atoms with Crippen molar-refractivity contribution in [1.82, 2.24) is 0 Å². The fourth-order valence-corrected chi connectivity index (χ4v) is 1.23. The number of nitrogens with two attached hydrogens (primary N) is 1. The number of hydrogen-bond donors (Lipinski definition) is 1. The fraction of sp³-hybridized carbons (Fsp3) is 0.222. The van der Waals surface area contributed by atoms with Gasteiger partial charge in [-0.1, -0.05) is 0 Å². The summed E-state index contributed by atoms with van der Waals surface area (Å²) in [6.07, 6.45) is 0. The molecule has 0 saturated carbocycles. The van der Waals surface area contributed by atoms with Gasteiger partial charge in [0.15, 0.2) is 0 Å². The maximum atomic E-state index is 10.6. The topological polar surface area (TPSA) is 93.0 Å². The van der Waals surface area contributed by atoms with Crippen molar-refractivity contribution in [1.29, 1.82) is 5.26 Å². The Morgan fingerprint density at radius 2 is 2.29 bits per heavy atom. The number of nitrogens with zero attached hydrogens (tertiary/aromatic N) is 2. The van der Waals surface area contributed by atoms with Gasteiger partial charge in [-0.15, -0.1) is 0 Å². The molecule has 1 aromatic rings. The molecule has 1 rings (SSSR count). The molecule has 0 aromatic heterocycles. The van der Waals surface area contributed by atoms with Crippen LogP contribution < -0.4 is 5.73 Å². The molecule has 0 bridgehead atoms. The Labute approximate surface area is 80.9 Å². The van der Waals surface area contributed by atoms with Crippen molar-refractivity contribution in [3.8, 4) is 6.07 Å². The highest BCUT2D eigenvalue weighted by Crippen LogP contribution is 2.22. The van der Waals surface area contributed by atoms with E-state index in [1.807, 2.05) is 6.07 Å². The van der Waals surface area contributed by atoms with E-state index >= 15 is 0 Å². The van der Waals surface area contributed by atoms with Gasteiger partial charge in [0.2, 0.25) is 0 Å². The van der Waals surface area contributed by atoms with E-state index in [-0.39, 0.29) is 17.8 Å². The standard InChI is InChI=1S/C9H9N3O2/c1-6-2-7(4-10)8(5-11)3-9(6)12(13)14/h2-3H,4,10H2,1H3. The summed E-state index contributed by atoms with van der Waals surface area (Å²) in [6.45, 7) is 1.83. The maximum absolute atomic E-state index is 10.6. The molecule has 2 N–H and O–H groups in total. The van der Waals surface area contributed by atoms with Gasteiger partial charge >= 0.3 is 0 Å². The first-order chi connectivity index (χ1) is 6.60. The lowest BCUT2D eigenvalue weighted by atomic mass is 10.0. The molecule has 0 spiro atoms. The van der Waals surface area contributed by atoms with Crippen LogP contribution in [0.4, 0.5) is 5.69 Å². The van der Waals surface area contributed by atoms with Crippen LogP contribution in [0.3, 0.4) is 0 Å². The molecule has 1 aromatic carbocycles. The van der Waals surface area contributed by atoms with E-state index in [1.165, 1.54) is 6.07 Å². The predicted molar refractivity (Wildman–Crippen MR) is 50.4 cm³/mol. The molecule has 0 unspecified atom stereocenters. The van der Waals surface area contributed by atoms with E-state index < -0.39 is 4.92 Å². The monoisotopic (exact) mass is 191 g/mol. The van der Waals surface area contributed by atoms with Gasteiger partial charge in [0.25, 0.3) is 5.69 Å². The Morgan fingerprint density at radius 3 is 2.71 bits per heavy atom. The fourth-order valence-electron chi connectivity index (χ4n) is 1.23. The van der Waals surface area contributed by atoms with Crippen LogP contribution >= 0.6 is 0 Å². The first-order valence-corrected chi connectivity index (χ1v) is 3.98. The SMILES string of the molecule is Cc1cc(CN)c(C#N)cc1[N+](=O)[O-]. The number of nitro groups is 1. The number of nitriles is 1. The van der Waals surface area contributed by atoms with Gasteiger partial charge < -0.3 is 5.73 Å². The third-order valence-electron chi connectivity index (χ3n) is 1.96. The van der Waals surface area contributed by atoms with Crippen molar-refractivity contribution < 1.29 is 4.92 Å². The second-order valence-corrected chi connectivity index (χ2v) is 2.87. The van der Waals surface area contributed by atoms with Gasteiger partial charge in [0.1, 0.15) is 0 Å². The van der Waals surface area contributed by atoms with Gasteiger partial charge in [0.05, 0.1) is 16.6 Å². The Morgan fingerprint density at radius 1 is 1.64 bits per heavy atom. The quantitative estimate of drug-likeness (QED) is 0.562. The van der Waals surface area contributed by atoms with E-state index in [9.17, 15) is 10.1 Å². The lowest BCUT2D eigenvalue weighted by Gasteiger charge is -2.02. The van der Waals surface area contributed by atoms with Crippen LogP contribution in [0.2, 0.25) is 0 Å². The number of hydrogen-bond acceptors (Lipinski definition) is 4. The lowest BCUT2D eigenvalue weighted by molar-refractivity contribution is -0.385. The molecule has 72 valence electrons. The van der Waals surface area contributed by atoms with Crippen molar-refractivity contribution in [3.63, 3.8) is 0 Å². The molecule has 5 nitrogen and oxygen atoms in total. The molecule has 0 atom stereocenters. The van der Waals surface area contributed by atoms with Crippen molar-refractivity contribution in [2.75, 3.05) is 0 Å². The summed E-state index contributed by atoms with van der Waals surface area (Å²) in [6, 6.07) is 4.73. The summed E-state index contributed by atoms with van der Waals surface area (Å²) in [7, 11) is 0. The number of aryl methyl sites for hydroxylation is 1. The summed E-state index contributed by atoms with van der Waals surface area (Å²) in [4.78, 5) is 10.1. The number of rotatable bonds is 2. The molecular formula is C9H9N3O2. The normalized spacial score (nSPS) is 9.50. The molecule has 0 radical (unpaired) electrons. The van der Waals surface area contributed by atoms with Crippen LogP contribution in [-0.2, 0) is 6.54 Å². The molecule has 0 amide bonds. The van der Waals surface area contributed by atoms with Gasteiger partial charge in [-0.25, -0.2) is 0 Å². The van der Waals surface area contributed by atoms with E-state index in [0.29, 0.717) is 11.1 Å². The van der Waals surface area contributed by atoms with E-state index in [2.05, 4.69) is 0 Å². The highest BCUT2D eigenvalue weighted by Gasteiger charge is 2.14. The zero-order valence-electron chi connectivity index (χ0n) is 7.65. The zero-order chi connectivity index (χ0) is 10.7. The lowest BCUT2D eigenvalue weighted by Crippen LogP contribution is -2.02. The van der Waals surface area contributed by atoms with Gasteiger partial charge in [-0.3, -0.25) is 10.1 Å². The van der Waals surface area contributed by atoms with Crippen molar-refractivity contribution in [2.24, 2.45) is 5.73 Å². The Bertz CT molecular complexity index is 421. The second kappa shape index (κ2) is 3.85. The Balaban J connectivity index is 3.40. The second-order valence-electron chi connectivity index (χ2n) is 2.87. The summed E-state index contributed by atoms with van der Waals surface area (Å²) < 4.78 is 0. The van der Waals surface area contributed by atoms with Crippen LogP contribution in [-0.4, -0.2) is 4.92 Å². The molecule has 14 heavy (non-hydrogen) atoms. The minimum Gasteiger partial charge on any atom is -0.326 e. The summed E-state index contributed by atoms with van der Waals surface area (Å²) in [5.41, 5.74) is 6.78. The predicted octanol–water partition coefficient (Wildman–Crippen LogP) is 1.23. The summed E-state index contributed by atoms with van der Waals surface area (Å²) >= 11 is 0. The van der Waals surface area contributed by atoms with Crippen LogP contribution in [0.1, 0.15) is 16.7 Å². The average Bonchev–Trinajstić information content (AvgIpc) is 2.16. The summed E-state index contributed by atoms with van der Waals surface area (Å²) in [5, 5.41) is 19.3. The molecule has 0 saturated heterocycles. The average molecular weight is 191 g/mol. The third kappa shape index (κ3) is 1.70. The minimum absolute atomic E-state index is 0.0428. The molecule has 0 fully saturated rings. The Hall–Kier alpha value is -1.93. The highest BCUT2D eigenvalue weighted by atomic mass is 16.6. The summed E-state index contributed by atoms with van der Waals surface area (Å²) in [5.74, 6) is 0. The van der Waals surface area contributed by atoms with Crippen molar-refractivity contribution in [2.45, 2.75) is 13.5 Å². The number of nitro benzene ring substituents is 1. The van der Waals surface area contributed by atoms with Crippen LogP contribution in [0.15, 0.2) is 12.1 Å². The van der Waals surface area contributed by atoms with Gasteiger partial charge in [-0.05, 0) is 18.6 Å². The maximum Gasteiger partial charge on any atom is 0.273 e. The van der Waals surface area contributed by atoms with Gasteiger partial charge in [0, 0.05) is 18.2 Å². The van der Waals surface area contributed by atoms with Crippen molar-refractivity contribution >= 4 is 5.69 Å². The number of benzene rings is 1. The van der Waals surface area contributed by atoms with E-state index in [1.54, 1.807) is 13.0 Å². The first-order valence-electron chi connectivity index (χ1n) is 3.98. The molecule has 0 aliphatic rings. The van der Waals surface area contributed by atoms with Crippen molar-refractivity contribution in [3.05, 3.63) is 38.9 Å². The van der Waals surface area contributed by atoms with Crippen LogP contribution in [0.25, 0.3) is 0 Å². The molecular weight excluding hydrogens is 182 g/mol. The largest absolute Gasteiger partial charge is 0.326 e. The highest BCUT2D eigenvalue weighted by molar-refractivity contribution is 5.51. The third-order valence-corrected chi connectivity index (χ3v) is 1.96. The first kappa shape index (κ1) is 10.2. The van der Waals surface area contributed by atoms with Gasteiger partial charge in [-0.2, -0.15) is 5.26 Å². The van der Waals surface area contributed by atoms with Crippen LogP contribution in [0, 0.1) is 28.4 Å². The molecule has 0 aliphatic carbocycles.